The zero-order valence-electron chi connectivity index (χ0n) is 9.40. The van der Waals surface area contributed by atoms with Crippen molar-refractivity contribution in [3.05, 3.63) is 42.0 Å². The van der Waals surface area contributed by atoms with Crippen LogP contribution in [0.25, 0.3) is 0 Å². The van der Waals surface area contributed by atoms with E-state index in [2.05, 4.69) is 15.5 Å². The Morgan fingerprint density at radius 2 is 2.00 bits per heavy atom. The minimum atomic E-state index is -4.47. The van der Waals surface area contributed by atoms with Crippen molar-refractivity contribution in [2.24, 2.45) is 0 Å². The summed E-state index contributed by atoms with van der Waals surface area (Å²) in [6.07, 6.45) is -2.95. The predicted octanol–water partition coefficient (Wildman–Crippen LogP) is 3.26. The minimum absolute atomic E-state index is 0.203. The van der Waals surface area contributed by atoms with Crippen molar-refractivity contribution in [3.8, 4) is 0 Å². The largest absolute Gasteiger partial charge is 0.467 e. The molecule has 1 atom stereocenters. The lowest BCUT2D eigenvalue weighted by molar-refractivity contribution is -0.141. The Bertz CT molecular complexity index is 493. The number of anilines is 1. The first-order valence-electron chi connectivity index (χ1n) is 5.17. The predicted molar refractivity (Wildman–Crippen MR) is 57.8 cm³/mol. The molecule has 0 saturated carbocycles. The number of nitrogens with one attached hydrogen (secondary N) is 1. The number of rotatable bonds is 3. The van der Waals surface area contributed by atoms with Crippen LogP contribution in [0.2, 0.25) is 0 Å². The number of hydrogen-bond acceptors (Lipinski definition) is 4. The molecule has 0 aromatic carbocycles. The van der Waals surface area contributed by atoms with Crippen LogP contribution < -0.4 is 5.32 Å². The van der Waals surface area contributed by atoms with Crippen LogP contribution in [0.4, 0.5) is 19.0 Å². The highest BCUT2D eigenvalue weighted by atomic mass is 19.4. The van der Waals surface area contributed by atoms with Crippen molar-refractivity contribution in [3.63, 3.8) is 0 Å². The highest BCUT2D eigenvalue weighted by Crippen LogP contribution is 2.27. The van der Waals surface area contributed by atoms with E-state index in [1.807, 2.05) is 0 Å². The molecule has 1 N–H and O–H groups in total. The normalized spacial score (nSPS) is 13.3. The van der Waals surface area contributed by atoms with Crippen LogP contribution in [0.5, 0.6) is 0 Å². The summed E-state index contributed by atoms with van der Waals surface area (Å²) in [5.74, 6) is 0.920. The molecule has 18 heavy (non-hydrogen) atoms. The fourth-order valence-corrected chi connectivity index (χ4v) is 1.39. The van der Waals surface area contributed by atoms with E-state index < -0.39 is 11.9 Å². The van der Waals surface area contributed by atoms with Gasteiger partial charge in [-0.2, -0.15) is 13.2 Å². The van der Waals surface area contributed by atoms with Gasteiger partial charge in [-0.1, -0.05) is 0 Å². The minimum Gasteiger partial charge on any atom is -0.467 e. The van der Waals surface area contributed by atoms with Crippen LogP contribution in [-0.2, 0) is 6.18 Å². The highest BCUT2D eigenvalue weighted by Gasteiger charge is 2.32. The van der Waals surface area contributed by atoms with Gasteiger partial charge in [0.15, 0.2) is 5.69 Å². The second-order valence-electron chi connectivity index (χ2n) is 3.68. The molecule has 0 radical (unpaired) electrons. The smallest absolute Gasteiger partial charge is 0.435 e. The van der Waals surface area contributed by atoms with Gasteiger partial charge in [0.05, 0.1) is 12.3 Å². The molecule has 0 bridgehead atoms. The molecular weight excluding hydrogens is 247 g/mol. The Morgan fingerprint density at radius 1 is 1.22 bits per heavy atom. The molecule has 2 aromatic rings. The number of nitrogens with zero attached hydrogens (tertiary/aromatic N) is 2. The Morgan fingerprint density at radius 3 is 2.50 bits per heavy atom. The quantitative estimate of drug-likeness (QED) is 0.916. The summed E-state index contributed by atoms with van der Waals surface area (Å²) in [4.78, 5) is 0. The molecule has 4 nitrogen and oxygen atoms in total. The van der Waals surface area contributed by atoms with E-state index in [0.29, 0.717) is 5.76 Å². The third kappa shape index (κ3) is 2.79. The zero-order valence-corrected chi connectivity index (χ0v) is 9.40. The molecule has 2 aromatic heterocycles. The number of alkyl halides is 3. The first kappa shape index (κ1) is 12.4. The van der Waals surface area contributed by atoms with Gasteiger partial charge in [-0.15, -0.1) is 10.2 Å². The molecule has 96 valence electrons. The first-order valence-corrected chi connectivity index (χ1v) is 5.17. The lowest BCUT2D eigenvalue weighted by Crippen LogP contribution is -2.12. The average Bonchev–Trinajstić information content (AvgIpc) is 2.82. The molecule has 2 heterocycles. The molecule has 7 heteroatoms. The molecule has 0 amide bonds. The number of furan rings is 1. The summed E-state index contributed by atoms with van der Waals surface area (Å²) in [5.41, 5.74) is -1.02. The van der Waals surface area contributed by atoms with Crippen LogP contribution >= 0.6 is 0 Å². The maximum Gasteiger partial charge on any atom is 0.435 e. The summed E-state index contributed by atoms with van der Waals surface area (Å²) in [5, 5.41) is 9.48. The molecule has 0 aliphatic carbocycles. The van der Waals surface area contributed by atoms with Gasteiger partial charge in [0, 0.05) is 0 Å². The van der Waals surface area contributed by atoms with Crippen molar-refractivity contribution in [2.45, 2.75) is 19.1 Å². The molecule has 0 saturated heterocycles. The Labute approximate surface area is 101 Å². The van der Waals surface area contributed by atoms with Gasteiger partial charge in [0.2, 0.25) is 0 Å². The van der Waals surface area contributed by atoms with Crippen molar-refractivity contribution in [2.75, 3.05) is 5.32 Å². The van der Waals surface area contributed by atoms with Crippen LogP contribution in [0.1, 0.15) is 24.4 Å². The van der Waals surface area contributed by atoms with Gasteiger partial charge in [-0.25, -0.2) is 0 Å². The highest BCUT2D eigenvalue weighted by molar-refractivity contribution is 5.35. The lowest BCUT2D eigenvalue weighted by atomic mass is 10.2. The Kier molecular flexibility index (Phi) is 3.22. The monoisotopic (exact) mass is 257 g/mol. The SMILES string of the molecule is CC(Nc1ccc(C(F)(F)F)nn1)c1ccco1. The number of halogens is 3. The number of aromatic nitrogens is 2. The third-order valence-corrected chi connectivity index (χ3v) is 2.29. The van der Waals surface area contributed by atoms with E-state index in [9.17, 15) is 13.2 Å². The van der Waals surface area contributed by atoms with E-state index in [4.69, 9.17) is 4.42 Å². The Balaban J connectivity index is 2.07. The van der Waals surface area contributed by atoms with E-state index in [1.165, 1.54) is 12.3 Å². The van der Waals surface area contributed by atoms with E-state index >= 15 is 0 Å². The van der Waals surface area contributed by atoms with E-state index in [0.717, 1.165) is 6.07 Å². The maximum absolute atomic E-state index is 12.3. The van der Waals surface area contributed by atoms with E-state index in [1.54, 1.807) is 19.1 Å². The summed E-state index contributed by atoms with van der Waals surface area (Å²) in [6.45, 7) is 1.80. The van der Waals surface area contributed by atoms with Crippen LogP contribution in [0.3, 0.4) is 0 Å². The van der Waals surface area contributed by atoms with Gasteiger partial charge >= 0.3 is 6.18 Å². The van der Waals surface area contributed by atoms with Gasteiger partial charge < -0.3 is 9.73 Å². The van der Waals surface area contributed by atoms with Crippen LogP contribution in [0.15, 0.2) is 34.9 Å². The lowest BCUT2D eigenvalue weighted by Gasteiger charge is -2.12. The standard InChI is InChI=1S/C11H10F3N3O/c1-7(8-3-2-6-18-8)15-10-5-4-9(16-17-10)11(12,13)14/h2-7H,1H3,(H,15,17). The summed E-state index contributed by atoms with van der Waals surface area (Å²) >= 11 is 0. The molecule has 1 unspecified atom stereocenters. The van der Waals surface area contributed by atoms with Gasteiger partial charge in [-0.3, -0.25) is 0 Å². The first-order chi connectivity index (χ1) is 8.47. The zero-order chi connectivity index (χ0) is 13.2. The van der Waals surface area contributed by atoms with Crippen molar-refractivity contribution >= 4 is 5.82 Å². The molecular formula is C11H10F3N3O. The van der Waals surface area contributed by atoms with Crippen LogP contribution in [0, 0.1) is 0 Å². The molecule has 0 spiro atoms. The fraction of sp³-hybridized carbons (Fsp3) is 0.273. The summed E-state index contributed by atoms with van der Waals surface area (Å²) in [7, 11) is 0. The van der Waals surface area contributed by atoms with Gasteiger partial charge in [0.25, 0.3) is 0 Å². The topological polar surface area (TPSA) is 51.0 Å². The fourth-order valence-electron chi connectivity index (χ4n) is 1.39. The molecule has 2 rings (SSSR count). The summed E-state index contributed by atoms with van der Waals surface area (Å²) in [6, 6.07) is 5.40. The van der Waals surface area contributed by atoms with E-state index in [-0.39, 0.29) is 11.9 Å². The molecule has 0 fully saturated rings. The molecule has 0 aliphatic heterocycles. The van der Waals surface area contributed by atoms with Crippen LogP contribution in [-0.4, -0.2) is 10.2 Å². The maximum atomic E-state index is 12.3. The second kappa shape index (κ2) is 4.67. The van der Waals surface area contributed by atoms with Crippen molar-refractivity contribution in [1.29, 1.82) is 0 Å². The third-order valence-electron chi connectivity index (χ3n) is 2.29. The van der Waals surface area contributed by atoms with Gasteiger partial charge in [0.1, 0.15) is 11.6 Å². The summed E-state index contributed by atoms with van der Waals surface area (Å²) < 4.78 is 42.0. The van der Waals surface area contributed by atoms with Crippen molar-refractivity contribution < 1.29 is 17.6 Å². The van der Waals surface area contributed by atoms with Crippen molar-refractivity contribution in [1.82, 2.24) is 10.2 Å². The second-order valence-corrected chi connectivity index (χ2v) is 3.68. The van der Waals surface area contributed by atoms with Gasteiger partial charge in [-0.05, 0) is 31.2 Å². The average molecular weight is 257 g/mol. The molecule has 0 aliphatic rings. The number of hydrogen-bond donors (Lipinski definition) is 1. The Hall–Kier alpha value is -2.05.